The monoisotopic (exact) mass is 331 g/mol. The summed E-state index contributed by atoms with van der Waals surface area (Å²) in [7, 11) is 1.78. The summed E-state index contributed by atoms with van der Waals surface area (Å²) in [5.41, 5.74) is 0.0757. The van der Waals surface area contributed by atoms with Gasteiger partial charge in [-0.25, -0.2) is 0 Å². The van der Waals surface area contributed by atoms with E-state index in [2.05, 4.69) is 47.0 Å². The number of nitrogens with zero attached hydrogens (tertiary/aromatic N) is 1. The summed E-state index contributed by atoms with van der Waals surface area (Å²) >= 11 is 1.79. The molecule has 0 spiro atoms. The first kappa shape index (κ1) is 17.3. The van der Waals surface area contributed by atoms with E-state index in [0.29, 0.717) is 13.2 Å². The molecular weight excluding hydrogens is 306 g/mol. The summed E-state index contributed by atoms with van der Waals surface area (Å²) in [6, 6.07) is 14.1. The average molecular weight is 331 g/mol. The minimum absolute atomic E-state index is 0.0757. The fourth-order valence-electron chi connectivity index (χ4n) is 2.13. The summed E-state index contributed by atoms with van der Waals surface area (Å²) in [6.45, 7) is 6.59. The third-order valence-corrected chi connectivity index (χ3v) is 4.75. The van der Waals surface area contributed by atoms with E-state index in [1.165, 1.54) is 4.88 Å². The first-order valence-electron chi connectivity index (χ1n) is 7.78. The van der Waals surface area contributed by atoms with E-state index in [4.69, 9.17) is 4.74 Å². The molecule has 0 aliphatic heterocycles. The number of guanidine groups is 1. The first-order valence-corrected chi connectivity index (χ1v) is 8.66. The minimum Gasteiger partial charge on any atom is -0.492 e. The zero-order valence-corrected chi connectivity index (χ0v) is 14.8. The minimum atomic E-state index is 0.0757. The Labute approximate surface area is 142 Å². The molecule has 0 fully saturated rings. The highest BCUT2D eigenvalue weighted by Gasteiger charge is 2.21. The van der Waals surface area contributed by atoms with E-state index in [9.17, 15) is 0 Å². The zero-order valence-electron chi connectivity index (χ0n) is 14.0. The van der Waals surface area contributed by atoms with Crippen LogP contribution < -0.4 is 15.4 Å². The highest BCUT2D eigenvalue weighted by atomic mass is 32.1. The van der Waals surface area contributed by atoms with Crippen molar-refractivity contribution in [3.8, 4) is 5.75 Å². The van der Waals surface area contributed by atoms with Gasteiger partial charge in [-0.3, -0.25) is 4.99 Å². The van der Waals surface area contributed by atoms with Gasteiger partial charge in [0, 0.05) is 23.9 Å². The molecule has 2 N–H and O–H groups in total. The van der Waals surface area contributed by atoms with Crippen LogP contribution >= 0.6 is 11.3 Å². The SMILES string of the molecule is CN=C(NCCOc1ccccc1)NCC(C)(C)c1cccs1. The van der Waals surface area contributed by atoms with Gasteiger partial charge < -0.3 is 15.4 Å². The van der Waals surface area contributed by atoms with Crippen molar-refractivity contribution in [2.45, 2.75) is 19.3 Å². The van der Waals surface area contributed by atoms with Crippen molar-refractivity contribution in [1.82, 2.24) is 10.6 Å². The molecule has 4 nitrogen and oxygen atoms in total. The van der Waals surface area contributed by atoms with Crippen LogP contribution in [0, 0.1) is 0 Å². The quantitative estimate of drug-likeness (QED) is 0.465. The van der Waals surface area contributed by atoms with Crippen molar-refractivity contribution in [2.75, 3.05) is 26.7 Å². The number of hydrogen-bond acceptors (Lipinski definition) is 3. The van der Waals surface area contributed by atoms with Gasteiger partial charge in [0.25, 0.3) is 0 Å². The predicted octanol–water partition coefficient (Wildman–Crippen LogP) is 3.27. The number of ether oxygens (including phenoxy) is 1. The highest BCUT2D eigenvalue weighted by molar-refractivity contribution is 7.10. The van der Waals surface area contributed by atoms with Crippen molar-refractivity contribution < 1.29 is 4.74 Å². The van der Waals surface area contributed by atoms with Crippen LogP contribution in [0.1, 0.15) is 18.7 Å². The molecule has 124 valence electrons. The van der Waals surface area contributed by atoms with Crippen LogP contribution in [-0.2, 0) is 5.41 Å². The van der Waals surface area contributed by atoms with Gasteiger partial charge in [-0.05, 0) is 23.6 Å². The zero-order chi connectivity index (χ0) is 16.5. The van der Waals surface area contributed by atoms with E-state index in [-0.39, 0.29) is 5.41 Å². The van der Waals surface area contributed by atoms with Crippen LogP contribution in [0.15, 0.2) is 52.8 Å². The summed E-state index contributed by atoms with van der Waals surface area (Å²) < 4.78 is 5.66. The second-order valence-electron chi connectivity index (χ2n) is 5.88. The van der Waals surface area contributed by atoms with E-state index in [1.807, 2.05) is 30.3 Å². The maximum atomic E-state index is 5.66. The van der Waals surface area contributed by atoms with Gasteiger partial charge in [-0.2, -0.15) is 0 Å². The van der Waals surface area contributed by atoms with Gasteiger partial charge in [-0.1, -0.05) is 38.1 Å². The molecule has 5 heteroatoms. The Morgan fingerprint density at radius 2 is 1.91 bits per heavy atom. The fraction of sp³-hybridized carbons (Fsp3) is 0.389. The van der Waals surface area contributed by atoms with Gasteiger partial charge in [-0.15, -0.1) is 11.3 Å². The van der Waals surface area contributed by atoms with Crippen LogP contribution in [0.4, 0.5) is 0 Å². The molecule has 0 aliphatic carbocycles. The number of aliphatic imine (C=N–C) groups is 1. The second kappa shape index (κ2) is 8.58. The Balaban J connectivity index is 1.71. The standard InChI is InChI=1S/C18H25N3OS/c1-18(2,16-10-7-13-23-16)14-21-17(19-3)20-11-12-22-15-8-5-4-6-9-15/h4-10,13H,11-12,14H2,1-3H3,(H2,19,20,21). The lowest BCUT2D eigenvalue weighted by Gasteiger charge is -2.25. The lowest BCUT2D eigenvalue weighted by Crippen LogP contribution is -2.44. The molecule has 0 amide bonds. The van der Waals surface area contributed by atoms with Crippen molar-refractivity contribution in [2.24, 2.45) is 4.99 Å². The van der Waals surface area contributed by atoms with Crippen LogP contribution in [-0.4, -0.2) is 32.7 Å². The van der Waals surface area contributed by atoms with E-state index >= 15 is 0 Å². The smallest absolute Gasteiger partial charge is 0.191 e. The van der Waals surface area contributed by atoms with Gasteiger partial charge in [0.15, 0.2) is 5.96 Å². The summed E-state index contributed by atoms with van der Waals surface area (Å²) in [5, 5.41) is 8.78. The number of rotatable bonds is 7. The van der Waals surface area contributed by atoms with Crippen molar-refractivity contribution in [3.63, 3.8) is 0 Å². The molecule has 2 rings (SSSR count). The highest BCUT2D eigenvalue weighted by Crippen LogP contribution is 2.26. The molecule has 0 saturated heterocycles. The molecule has 0 atom stereocenters. The average Bonchev–Trinajstić information content (AvgIpc) is 3.10. The van der Waals surface area contributed by atoms with E-state index < -0.39 is 0 Å². The number of hydrogen-bond donors (Lipinski definition) is 2. The van der Waals surface area contributed by atoms with Gasteiger partial charge in [0.1, 0.15) is 12.4 Å². The van der Waals surface area contributed by atoms with Gasteiger partial charge in [0.05, 0.1) is 6.54 Å². The summed E-state index contributed by atoms with van der Waals surface area (Å²) in [5.74, 6) is 1.68. The first-order chi connectivity index (χ1) is 11.1. The third-order valence-electron chi connectivity index (χ3n) is 3.52. The Kier molecular flexibility index (Phi) is 6.47. The van der Waals surface area contributed by atoms with Crippen LogP contribution in [0.5, 0.6) is 5.75 Å². The Hall–Kier alpha value is -2.01. The van der Waals surface area contributed by atoms with E-state index in [0.717, 1.165) is 18.3 Å². The largest absolute Gasteiger partial charge is 0.492 e. The molecule has 0 saturated carbocycles. The number of benzene rings is 1. The van der Waals surface area contributed by atoms with Crippen molar-refractivity contribution in [1.29, 1.82) is 0 Å². The lowest BCUT2D eigenvalue weighted by atomic mass is 9.91. The topological polar surface area (TPSA) is 45.7 Å². The summed E-state index contributed by atoms with van der Waals surface area (Å²) in [6.07, 6.45) is 0. The van der Waals surface area contributed by atoms with Crippen molar-refractivity contribution in [3.05, 3.63) is 52.7 Å². The molecule has 23 heavy (non-hydrogen) atoms. The maximum Gasteiger partial charge on any atom is 0.191 e. The normalized spacial score (nSPS) is 12.0. The molecule has 0 unspecified atom stereocenters. The van der Waals surface area contributed by atoms with Crippen LogP contribution in [0.25, 0.3) is 0 Å². The molecule has 1 aromatic carbocycles. The van der Waals surface area contributed by atoms with Gasteiger partial charge in [0.2, 0.25) is 0 Å². The molecular formula is C18H25N3OS. The fourth-order valence-corrected chi connectivity index (χ4v) is 2.98. The maximum absolute atomic E-state index is 5.66. The molecule has 1 aromatic heterocycles. The molecule has 0 bridgehead atoms. The number of para-hydroxylation sites is 1. The molecule has 2 aromatic rings. The van der Waals surface area contributed by atoms with Crippen LogP contribution in [0.3, 0.4) is 0 Å². The Morgan fingerprint density at radius 1 is 1.13 bits per heavy atom. The predicted molar refractivity (Wildman–Crippen MR) is 98.6 cm³/mol. The number of thiophene rings is 1. The number of nitrogens with one attached hydrogen (secondary N) is 2. The Morgan fingerprint density at radius 3 is 2.57 bits per heavy atom. The molecule has 0 aliphatic rings. The molecule has 1 heterocycles. The van der Waals surface area contributed by atoms with Crippen LogP contribution in [0.2, 0.25) is 0 Å². The summed E-state index contributed by atoms with van der Waals surface area (Å²) in [4.78, 5) is 5.63. The third kappa shape index (κ3) is 5.60. The Bertz CT molecular complexity index is 594. The van der Waals surface area contributed by atoms with Gasteiger partial charge >= 0.3 is 0 Å². The molecule has 0 radical (unpaired) electrons. The van der Waals surface area contributed by atoms with E-state index in [1.54, 1.807) is 18.4 Å². The van der Waals surface area contributed by atoms with Crippen molar-refractivity contribution >= 4 is 17.3 Å². The lowest BCUT2D eigenvalue weighted by molar-refractivity contribution is 0.321. The second-order valence-corrected chi connectivity index (χ2v) is 6.82.